The van der Waals surface area contributed by atoms with E-state index in [1.165, 1.54) is 10.9 Å². The van der Waals surface area contributed by atoms with Crippen LogP contribution in [0.15, 0.2) is 71.8 Å². The van der Waals surface area contributed by atoms with Gasteiger partial charge >= 0.3 is 6.03 Å². The Morgan fingerprint density at radius 3 is 2.74 bits per heavy atom. The van der Waals surface area contributed by atoms with Crippen LogP contribution in [-0.4, -0.2) is 46.7 Å². The number of likely N-dealkylation sites (tertiary alicyclic amines) is 1. The molecule has 1 fully saturated rings. The Balaban J connectivity index is 1.25. The molecular weight excluding hydrogens is 506 g/mol. The van der Waals surface area contributed by atoms with Gasteiger partial charge in [-0.05, 0) is 68.9 Å². The third-order valence-electron chi connectivity index (χ3n) is 6.51. The number of nitrogens with one attached hydrogen (secondary N) is 2. The summed E-state index contributed by atoms with van der Waals surface area (Å²) < 4.78 is 13.4. The van der Waals surface area contributed by atoms with Gasteiger partial charge in [0.15, 0.2) is 0 Å². The Bertz CT molecular complexity index is 1540. The zero-order valence-electron chi connectivity index (χ0n) is 21.1. The van der Waals surface area contributed by atoms with Gasteiger partial charge in [0.05, 0.1) is 22.9 Å². The maximum Gasteiger partial charge on any atom is 0.323 e. The number of carbonyl (C=O) groups excluding carboxylic acids is 1. The van der Waals surface area contributed by atoms with Gasteiger partial charge in [-0.15, -0.1) is 0 Å². The highest BCUT2D eigenvalue weighted by Gasteiger charge is 2.22. The summed E-state index contributed by atoms with van der Waals surface area (Å²) in [6.45, 7) is 1.57. The van der Waals surface area contributed by atoms with E-state index in [9.17, 15) is 9.59 Å². The Morgan fingerprint density at radius 2 is 1.92 bits per heavy atom. The summed E-state index contributed by atoms with van der Waals surface area (Å²) in [6, 6.07) is 17.1. The van der Waals surface area contributed by atoms with Crippen molar-refractivity contribution in [2.75, 3.05) is 30.8 Å². The number of nitrogens with zero attached hydrogens (tertiary/aromatic N) is 3. The molecule has 1 aliphatic heterocycles. The van der Waals surface area contributed by atoms with Crippen molar-refractivity contribution in [2.24, 2.45) is 7.05 Å². The topological polar surface area (TPSA) is 97.7 Å². The fourth-order valence-corrected chi connectivity index (χ4v) is 4.57. The molecule has 0 spiro atoms. The van der Waals surface area contributed by atoms with Crippen LogP contribution >= 0.6 is 11.6 Å². The molecule has 0 unspecified atom stereocenters. The fourth-order valence-electron chi connectivity index (χ4n) is 4.41. The van der Waals surface area contributed by atoms with E-state index in [0.29, 0.717) is 57.2 Å². The molecule has 38 heavy (non-hydrogen) atoms. The van der Waals surface area contributed by atoms with Gasteiger partial charge in [-0.3, -0.25) is 4.79 Å². The number of benzene rings is 3. The number of amides is 2. The molecule has 2 N–H and O–H groups in total. The van der Waals surface area contributed by atoms with Crippen LogP contribution in [0.3, 0.4) is 0 Å². The summed E-state index contributed by atoms with van der Waals surface area (Å²) in [5, 5.41) is 6.65. The van der Waals surface area contributed by atoms with Crippen molar-refractivity contribution in [1.82, 2.24) is 14.5 Å². The number of hydrogen-bond donors (Lipinski definition) is 2. The van der Waals surface area contributed by atoms with Crippen LogP contribution in [0.25, 0.3) is 10.9 Å². The maximum atomic E-state index is 12.8. The van der Waals surface area contributed by atoms with Crippen molar-refractivity contribution < 1.29 is 14.3 Å². The number of rotatable bonds is 7. The number of fused-ring (bicyclic) bond motifs is 1. The molecule has 0 radical (unpaired) electrons. The van der Waals surface area contributed by atoms with Gasteiger partial charge in [0.2, 0.25) is 0 Å². The number of halogens is 1. The summed E-state index contributed by atoms with van der Waals surface area (Å²) in [5.41, 5.74) is 1.48. The van der Waals surface area contributed by atoms with Gasteiger partial charge in [-0.2, -0.15) is 0 Å². The predicted molar refractivity (Wildman–Crippen MR) is 149 cm³/mol. The molecule has 9 nitrogen and oxygen atoms in total. The monoisotopic (exact) mass is 533 g/mol. The SMILES string of the molecule is CN1CCC[C@H]1COc1cc(Cl)ccc1NC(=O)Nc1cccc(Oc2ccc3ncn(C)c(=O)c3c2)c1. The lowest BCUT2D eigenvalue weighted by molar-refractivity contribution is 0.199. The first-order valence-electron chi connectivity index (χ1n) is 12.3. The minimum atomic E-state index is -0.437. The number of anilines is 2. The molecule has 2 amide bonds. The number of urea groups is 1. The highest BCUT2D eigenvalue weighted by atomic mass is 35.5. The minimum absolute atomic E-state index is 0.159. The zero-order chi connectivity index (χ0) is 26.6. The first-order valence-corrected chi connectivity index (χ1v) is 12.7. The van der Waals surface area contributed by atoms with Crippen LogP contribution in [0.2, 0.25) is 5.02 Å². The largest absolute Gasteiger partial charge is 0.490 e. The second-order valence-corrected chi connectivity index (χ2v) is 9.71. The van der Waals surface area contributed by atoms with Crippen LogP contribution in [0, 0.1) is 0 Å². The lowest BCUT2D eigenvalue weighted by Gasteiger charge is -2.21. The number of aryl methyl sites for hydroxylation is 1. The molecule has 0 aliphatic carbocycles. The first kappa shape index (κ1) is 25.6. The summed E-state index contributed by atoms with van der Waals surface area (Å²) in [7, 11) is 3.73. The summed E-state index contributed by atoms with van der Waals surface area (Å²) in [5.74, 6) is 1.50. The average molecular weight is 534 g/mol. The summed E-state index contributed by atoms with van der Waals surface area (Å²) in [4.78, 5) is 31.8. The molecule has 5 rings (SSSR count). The lowest BCUT2D eigenvalue weighted by atomic mass is 10.2. The van der Waals surface area contributed by atoms with Crippen molar-refractivity contribution in [3.05, 3.63) is 82.4 Å². The van der Waals surface area contributed by atoms with Gasteiger partial charge in [0, 0.05) is 35.9 Å². The normalized spacial score (nSPS) is 15.4. The van der Waals surface area contributed by atoms with Gasteiger partial charge in [0.25, 0.3) is 5.56 Å². The van der Waals surface area contributed by atoms with Gasteiger partial charge < -0.3 is 29.6 Å². The van der Waals surface area contributed by atoms with Gasteiger partial charge in [0.1, 0.15) is 23.9 Å². The number of carbonyl (C=O) groups is 1. The second kappa shape index (κ2) is 11.1. The van der Waals surface area contributed by atoms with E-state index in [4.69, 9.17) is 21.1 Å². The molecule has 1 aliphatic rings. The van der Waals surface area contributed by atoms with Crippen LogP contribution in [-0.2, 0) is 7.05 Å². The smallest absolute Gasteiger partial charge is 0.323 e. The standard InChI is InChI=1S/C28H28ClN5O4/c1-33-12-4-6-20(33)16-37-26-13-18(29)8-10-25(26)32-28(36)31-19-5-3-7-21(14-19)38-22-9-11-24-23(15-22)27(35)34(2)17-30-24/h3,5,7-11,13-15,17,20H,4,6,12,16H2,1-2H3,(H2,31,32,36)/t20-/m0/s1. The summed E-state index contributed by atoms with van der Waals surface area (Å²) >= 11 is 6.19. The Morgan fingerprint density at radius 1 is 1.08 bits per heavy atom. The molecule has 2 heterocycles. The highest BCUT2D eigenvalue weighted by molar-refractivity contribution is 6.30. The maximum absolute atomic E-state index is 12.8. The molecule has 0 saturated carbocycles. The fraction of sp³-hybridized carbons (Fsp3) is 0.250. The minimum Gasteiger partial charge on any atom is -0.490 e. The lowest BCUT2D eigenvalue weighted by Crippen LogP contribution is -2.30. The van der Waals surface area contributed by atoms with Crippen molar-refractivity contribution >= 4 is 39.9 Å². The quantitative estimate of drug-likeness (QED) is 0.326. The second-order valence-electron chi connectivity index (χ2n) is 9.28. The Labute approximate surface area is 225 Å². The van der Waals surface area contributed by atoms with Gasteiger partial charge in [-0.1, -0.05) is 17.7 Å². The Kier molecular flexibility index (Phi) is 7.48. The molecule has 0 bridgehead atoms. The third kappa shape index (κ3) is 5.90. The number of likely N-dealkylation sites (N-methyl/N-ethyl adjacent to an activating group) is 1. The van der Waals surface area contributed by atoms with Crippen LogP contribution in [0.5, 0.6) is 17.2 Å². The molecule has 1 atom stereocenters. The van der Waals surface area contributed by atoms with E-state index >= 15 is 0 Å². The van der Waals surface area contributed by atoms with Crippen molar-refractivity contribution in [3.8, 4) is 17.2 Å². The molecule has 1 aromatic heterocycles. The van der Waals surface area contributed by atoms with Crippen molar-refractivity contribution in [2.45, 2.75) is 18.9 Å². The average Bonchev–Trinajstić information content (AvgIpc) is 3.31. The molecule has 4 aromatic rings. The summed E-state index contributed by atoms with van der Waals surface area (Å²) in [6.07, 6.45) is 3.71. The number of ether oxygens (including phenoxy) is 2. The molecule has 3 aromatic carbocycles. The molecular formula is C28H28ClN5O4. The van der Waals surface area contributed by atoms with E-state index in [2.05, 4.69) is 27.6 Å². The van der Waals surface area contributed by atoms with E-state index in [1.54, 1.807) is 67.7 Å². The zero-order valence-corrected chi connectivity index (χ0v) is 21.9. The van der Waals surface area contributed by atoms with Crippen molar-refractivity contribution in [1.29, 1.82) is 0 Å². The third-order valence-corrected chi connectivity index (χ3v) is 6.75. The van der Waals surface area contributed by atoms with E-state index in [-0.39, 0.29) is 5.56 Å². The number of hydrogen-bond acceptors (Lipinski definition) is 6. The predicted octanol–water partition coefficient (Wildman–Crippen LogP) is 5.50. The van der Waals surface area contributed by atoms with Gasteiger partial charge in [-0.25, -0.2) is 9.78 Å². The van der Waals surface area contributed by atoms with Crippen LogP contribution < -0.4 is 25.7 Å². The van der Waals surface area contributed by atoms with Crippen LogP contribution in [0.4, 0.5) is 16.2 Å². The highest BCUT2D eigenvalue weighted by Crippen LogP contribution is 2.30. The molecule has 196 valence electrons. The molecule has 1 saturated heterocycles. The number of aromatic nitrogens is 2. The van der Waals surface area contributed by atoms with E-state index in [1.807, 2.05) is 0 Å². The molecule has 10 heteroatoms. The first-order chi connectivity index (χ1) is 18.4. The van der Waals surface area contributed by atoms with Crippen LogP contribution in [0.1, 0.15) is 12.8 Å². The van der Waals surface area contributed by atoms with Crippen molar-refractivity contribution in [3.63, 3.8) is 0 Å². The Hall–Kier alpha value is -4.08. The van der Waals surface area contributed by atoms with E-state index in [0.717, 1.165) is 19.4 Å². The van der Waals surface area contributed by atoms with E-state index < -0.39 is 6.03 Å².